The largest absolute Gasteiger partial charge is 0.375 e. The lowest BCUT2D eigenvalue weighted by Gasteiger charge is -2.32. The van der Waals surface area contributed by atoms with E-state index >= 15 is 0 Å². The average molecular weight is 556 g/mol. The Balaban J connectivity index is 4.27. The van der Waals surface area contributed by atoms with Gasteiger partial charge in [-0.15, -0.1) is 0 Å². The Morgan fingerprint density at radius 1 is 0.718 bits per heavy atom. The van der Waals surface area contributed by atoms with Crippen molar-refractivity contribution in [1.82, 2.24) is 16.0 Å². The van der Waals surface area contributed by atoms with Crippen LogP contribution in [0.2, 0.25) is 0 Å². The third-order valence-corrected chi connectivity index (χ3v) is 6.47. The summed E-state index contributed by atoms with van der Waals surface area (Å²) in [5.74, 6) is 0.248. The molecule has 3 N–H and O–H groups in total. The van der Waals surface area contributed by atoms with Gasteiger partial charge in [-0.2, -0.15) is 0 Å². The zero-order chi connectivity index (χ0) is 30.5. The maximum atomic E-state index is 12.9. The first-order valence-corrected chi connectivity index (χ1v) is 14.8. The molecule has 0 bridgehead atoms. The predicted octanol–water partition coefficient (Wildman–Crippen LogP) is 5.18. The number of ether oxygens (including phenoxy) is 2. The summed E-state index contributed by atoms with van der Waals surface area (Å²) in [5.41, 5.74) is -1.31. The number of hydrogen-bond acceptors (Lipinski definition) is 6. The van der Waals surface area contributed by atoms with Crippen LogP contribution in [0.5, 0.6) is 0 Å². The van der Waals surface area contributed by atoms with E-state index in [1.165, 1.54) is 0 Å². The quantitative estimate of drug-likeness (QED) is 0.190. The van der Waals surface area contributed by atoms with Crippen LogP contribution < -0.4 is 16.0 Å². The van der Waals surface area contributed by atoms with Crippen molar-refractivity contribution < 1.29 is 23.9 Å². The molecule has 0 aliphatic rings. The van der Waals surface area contributed by atoms with Crippen LogP contribution in [0.25, 0.3) is 0 Å². The summed E-state index contributed by atoms with van der Waals surface area (Å²) >= 11 is 0. The Hall–Kier alpha value is -1.51. The van der Waals surface area contributed by atoms with Crippen molar-refractivity contribution in [3.8, 4) is 0 Å². The highest BCUT2D eigenvalue weighted by molar-refractivity contribution is 5.88. The summed E-state index contributed by atoms with van der Waals surface area (Å²) in [5, 5.41) is 9.34. The second-order valence-corrected chi connectivity index (χ2v) is 14.3. The van der Waals surface area contributed by atoms with Crippen LogP contribution in [0.15, 0.2) is 0 Å². The van der Waals surface area contributed by atoms with Crippen LogP contribution in [-0.4, -0.2) is 66.7 Å². The Labute approximate surface area is 239 Å². The number of carbonyl (C=O) groups is 3. The van der Waals surface area contributed by atoms with Crippen LogP contribution in [0.3, 0.4) is 0 Å². The summed E-state index contributed by atoms with van der Waals surface area (Å²) in [6.07, 6.45) is 4.20. The smallest absolute Gasteiger partial charge is 0.222 e. The van der Waals surface area contributed by atoms with Crippen LogP contribution in [0, 0.1) is 11.3 Å². The molecule has 0 aromatic rings. The molecule has 0 aliphatic heterocycles. The first-order chi connectivity index (χ1) is 17.7. The van der Waals surface area contributed by atoms with Crippen molar-refractivity contribution in [1.29, 1.82) is 0 Å². The zero-order valence-corrected chi connectivity index (χ0v) is 27.3. The van der Waals surface area contributed by atoms with Crippen molar-refractivity contribution in [2.45, 2.75) is 144 Å². The third-order valence-electron chi connectivity index (χ3n) is 6.47. The van der Waals surface area contributed by atoms with Crippen molar-refractivity contribution in [3.05, 3.63) is 0 Å². The molecule has 8 heteroatoms. The first kappa shape index (κ1) is 37.5. The Kier molecular flexibility index (Phi) is 16.0. The normalized spacial score (nSPS) is 13.9. The van der Waals surface area contributed by atoms with Gasteiger partial charge in [0.05, 0.1) is 30.5 Å². The number of carbonyl (C=O) groups excluding carboxylic acids is 3. The van der Waals surface area contributed by atoms with Crippen LogP contribution in [0.4, 0.5) is 0 Å². The average Bonchev–Trinajstić information content (AvgIpc) is 2.77. The van der Waals surface area contributed by atoms with Gasteiger partial charge in [-0.05, 0) is 80.6 Å². The van der Waals surface area contributed by atoms with E-state index in [4.69, 9.17) is 9.47 Å². The standard InChI is InChI=1S/C31H61N3O5/c1-23(2)27(37)33-20-22-39-31(11,12)18-21-38-30(9,10)17-16-25(35)32-19-14-13-15-24(34-29(6,7)8)26(36)28(3,4)5/h23-24,34H,13-22H2,1-12H3,(H,32,35)(H,33,37)/t24-/m0/s1. The van der Waals surface area contributed by atoms with Gasteiger partial charge in [-0.25, -0.2) is 0 Å². The minimum Gasteiger partial charge on any atom is -0.375 e. The van der Waals surface area contributed by atoms with Gasteiger partial charge in [0.2, 0.25) is 11.8 Å². The topological polar surface area (TPSA) is 106 Å². The minimum absolute atomic E-state index is 0.0221. The van der Waals surface area contributed by atoms with E-state index in [2.05, 4.69) is 36.7 Å². The molecule has 0 rings (SSSR count). The van der Waals surface area contributed by atoms with E-state index in [9.17, 15) is 14.4 Å². The predicted molar refractivity (Wildman–Crippen MR) is 160 cm³/mol. The molecule has 0 spiro atoms. The van der Waals surface area contributed by atoms with Gasteiger partial charge in [0.25, 0.3) is 0 Å². The maximum Gasteiger partial charge on any atom is 0.222 e. The second-order valence-electron chi connectivity index (χ2n) is 14.3. The first-order valence-electron chi connectivity index (χ1n) is 14.8. The molecule has 0 fully saturated rings. The molecule has 8 nitrogen and oxygen atoms in total. The van der Waals surface area contributed by atoms with Gasteiger partial charge in [-0.3, -0.25) is 14.4 Å². The number of unbranched alkanes of at least 4 members (excludes halogenated alkanes) is 1. The molecule has 0 aromatic heterocycles. The molecule has 39 heavy (non-hydrogen) atoms. The lowest BCUT2D eigenvalue weighted by atomic mass is 9.84. The lowest BCUT2D eigenvalue weighted by Crippen LogP contribution is -2.50. The van der Waals surface area contributed by atoms with E-state index < -0.39 is 5.60 Å². The molecule has 2 amide bonds. The van der Waals surface area contributed by atoms with E-state index in [-0.39, 0.29) is 46.1 Å². The molecule has 0 aliphatic carbocycles. The second kappa shape index (κ2) is 16.7. The van der Waals surface area contributed by atoms with Gasteiger partial charge < -0.3 is 25.4 Å². The molecule has 0 aromatic carbocycles. The zero-order valence-electron chi connectivity index (χ0n) is 27.3. The number of rotatable bonds is 19. The van der Waals surface area contributed by atoms with E-state index in [1.54, 1.807) is 0 Å². The minimum atomic E-state index is -0.419. The van der Waals surface area contributed by atoms with E-state index in [0.717, 1.165) is 19.3 Å². The SMILES string of the molecule is CC(C)C(=O)NCCOC(C)(C)CCOC(C)(C)CCC(=O)NCCCC[C@H](NC(C)(C)C)C(=O)C(C)(C)C. The number of nitrogens with one attached hydrogen (secondary N) is 3. The fourth-order valence-corrected chi connectivity index (χ4v) is 3.94. The van der Waals surface area contributed by atoms with Gasteiger partial charge in [0, 0.05) is 36.4 Å². The molecular formula is C31H61N3O5. The molecule has 0 heterocycles. The van der Waals surface area contributed by atoms with Crippen LogP contribution in [-0.2, 0) is 23.9 Å². The van der Waals surface area contributed by atoms with Gasteiger partial charge in [0.15, 0.2) is 5.78 Å². The highest BCUT2D eigenvalue weighted by atomic mass is 16.5. The fraction of sp³-hybridized carbons (Fsp3) is 0.903. The van der Waals surface area contributed by atoms with Crippen LogP contribution in [0.1, 0.15) is 122 Å². The Bertz CT molecular complexity index is 748. The monoisotopic (exact) mass is 555 g/mol. The highest BCUT2D eigenvalue weighted by Gasteiger charge is 2.31. The summed E-state index contributed by atoms with van der Waals surface area (Å²) in [6.45, 7) is 26.0. The number of ketones is 1. The summed E-state index contributed by atoms with van der Waals surface area (Å²) in [6, 6.07) is -0.181. The van der Waals surface area contributed by atoms with Gasteiger partial charge in [0.1, 0.15) is 0 Å². The van der Waals surface area contributed by atoms with Crippen molar-refractivity contribution >= 4 is 17.6 Å². The Morgan fingerprint density at radius 3 is 1.82 bits per heavy atom. The summed E-state index contributed by atoms with van der Waals surface area (Å²) in [4.78, 5) is 36.9. The summed E-state index contributed by atoms with van der Waals surface area (Å²) < 4.78 is 12.0. The summed E-state index contributed by atoms with van der Waals surface area (Å²) in [7, 11) is 0. The van der Waals surface area contributed by atoms with Crippen molar-refractivity contribution in [2.24, 2.45) is 11.3 Å². The van der Waals surface area contributed by atoms with Gasteiger partial charge in [-0.1, -0.05) is 34.6 Å². The molecule has 1 atom stereocenters. The lowest BCUT2D eigenvalue weighted by molar-refractivity contribution is -0.129. The molecule has 0 saturated heterocycles. The molecule has 0 unspecified atom stereocenters. The molecule has 0 radical (unpaired) electrons. The van der Waals surface area contributed by atoms with Crippen molar-refractivity contribution in [3.63, 3.8) is 0 Å². The van der Waals surface area contributed by atoms with Crippen molar-refractivity contribution in [2.75, 3.05) is 26.3 Å². The van der Waals surface area contributed by atoms with Gasteiger partial charge >= 0.3 is 0 Å². The Morgan fingerprint density at radius 2 is 1.28 bits per heavy atom. The third kappa shape index (κ3) is 19.2. The highest BCUT2D eigenvalue weighted by Crippen LogP contribution is 2.22. The van der Waals surface area contributed by atoms with E-state index in [1.807, 2.05) is 62.3 Å². The van der Waals surface area contributed by atoms with Crippen LogP contribution >= 0.6 is 0 Å². The number of hydrogen-bond donors (Lipinski definition) is 3. The number of Topliss-reactive ketones (excluding diaryl/α,β-unsaturated/α-hetero) is 1. The molecule has 230 valence electrons. The number of amides is 2. The maximum absolute atomic E-state index is 12.9. The van der Waals surface area contributed by atoms with E-state index in [0.29, 0.717) is 45.6 Å². The molecular weight excluding hydrogens is 494 g/mol. The molecule has 0 saturated carbocycles. The fourth-order valence-electron chi connectivity index (χ4n) is 3.94.